The molecule has 0 unspecified atom stereocenters. The average Bonchev–Trinajstić information content (AvgIpc) is 2.63. The standard InChI is InChI=1S/C10H15N3O3.C6H9N3O/c1-3-16-9(14)6-12-7-4-5-8(15-2)13-10(7)11;1-10-5-3-2-4(7)6(8)9-5/h4-5,12H,3,6H2,1-2H3,(H2,11,13);2-3H,7H2,1H3,(H2,8,9). The Morgan fingerprint density at radius 2 is 1.58 bits per heavy atom. The number of esters is 1. The molecule has 0 aromatic carbocycles. The first-order chi connectivity index (χ1) is 12.4. The van der Waals surface area contributed by atoms with Gasteiger partial charge in [0.25, 0.3) is 0 Å². The highest BCUT2D eigenvalue weighted by atomic mass is 16.5. The number of nitrogens with one attached hydrogen (secondary N) is 1. The van der Waals surface area contributed by atoms with Crippen LogP contribution in [0.4, 0.5) is 23.0 Å². The van der Waals surface area contributed by atoms with E-state index in [0.29, 0.717) is 35.6 Å². The summed E-state index contributed by atoms with van der Waals surface area (Å²) in [6, 6.07) is 6.66. The first kappa shape index (κ1) is 20.6. The smallest absolute Gasteiger partial charge is 0.325 e. The van der Waals surface area contributed by atoms with Crippen LogP contribution >= 0.6 is 0 Å². The maximum Gasteiger partial charge on any atom is 0.325 e. The normalized spacial score (nSPS) is 9.50. The van der Waals surface area contributed by atoms with Crippen molar-refractivity contribution in [2.24, 2.45) is 0 Å². The van der Waals surface area contributed by atoms with Crippen LogP contribution in [-0.4, -0.2) is 43.3 Å². The van der Waals surface area contributed by atoms with Crippen LogP contribution in [-0.2, 0) is 9.53 Å². The Kier molecular flexibility index (Phi) is 8.28. The molecule has 7 N–H and O–H groups in total. The maximum absolute atomic E-state index is 11.1. The fourth-order valence-electron chi connectivity index (χ4n) is 1.68. The molecular weight excluding hydrogens is 340 g/mol. The molecule has 142 valence electrons. The van der Waals surface area contributed by atoms with Gasteiger partial charge in [-0.25, -0.2) is 0 Å². The lowest BCUT2D eigenvalue weighted by atomic mass is 10.3. The molecule has 0 saturated heterocycles. The molecular formula is C16H24N6O4. The highest BCUT2D eigenvalue weighted by Crippen LogP contribution is 2.19. The summed E-state index contributed by atoms with van der Waals surface area (Å²) in [5, 5.41) is 2.83. The molecule has 0 spiro atoms. The van der Waals surface area contributed by atoms with Crippen molar-refractivity contribution in [3.05, 3.63) is 24.3 Å². The second kappa shape index (κ2) is 10.4. The first-order valence-corrected chi connectivity index (χ1v) is 7.67. The molecule has 10 nitrogen and oxygen atoms in total. The third-order valence-electron chi connectivity index (χ3n) is 2.98. The SMILES string of the molecule is CCOC(=O)CNc1ccc(OC)nc1N.COc1ccc(N)c(N)n1. The number of nitrogens with zero attached hydrogens (tertiary/aromatic N) is 2. The average molecular weight is 364 g/mol. The molecule has 2 rings (SSSR count). The quantitative estimate of drug-likeness (QED) is 0.542. The third kappa shape index (κ3) is 6.59. The van der Waals surface area contributed by atoms with Gasteiger partial charge in [-0.2, -0.15) is 9.97 Å². The number of anilines is 4. The summed E-state index contributed by atoms with van der Waals surface area (Å²) >= 11 is 0. The Morgan fingerprint density at radius 1 is 1.00 bits per heavy atom. The van der Waals surface area contributed by atoms with E-state index in [0.717, 1.165) is 0 Å². The van der Waals surface area contributed by atoms with Crippen LogP contribution in [0, 0.1) is 0 Å². The van der Waals surface area contributed by atoms with E-state index in [9.17, 15) is 4.79 Å². The molecule has 2 aromatic rings. The lowest BCUT2D eigenvalue weighted by Gasteiger charge is -2.08. The lowest BCUT2D eigenvalue weighted by molar-refractivity contribution is -0.140. The number of pyridine rings is 2. The molecule has 0 aliphatic carbocycles. The lowest BCUT2D eigenvalue weighted by Crippen LogP contribution is -2.17. The first-order valence-electron chi connectivity index (χ1n) is 7.67. The van der Waals surface area contributed by atoms with Gasteiger partial charge in [0.15, 0.2) is 11.6 Å². The number of hydrogen-bond acceptors (Lipinski definition) is 10. The van der Waals surface area contributed by atoms with Crippen molar-refractivity contribution in [1.82, 2.24) is 9.97 Å². The van der Waals surface area contributed by atoms with E-state index in [1.807, 2.05) is 0 Å². The van der Waals surface area contributed by atoms with Crippen LogP contribution in [0.2, 0.25) is 0 Å². The van der Waals surface area contributed by atoms with Crippen LogP contribution in [0.25, 0.3) is 0 Å². The summed E-state index contributed by atoms with van der Waals surface area (Å²) in [4.78, 5) is 18.9. The van der Waals surface area contributed by atoms with E-state index in [1.54, 1.807) is 31.2 Å². The second-order valence-electron chi connectivity index (χ2n) is 4.77. The van der Waals surface area contributed by atoms with E-state index in [1.165, 1.54) is 14.2 Å². The molecule has 0 atom stereocenters. The largest absolute Gasteiger partial charge is 0.481 e. The second-order valence-corrected chi connectivity index (χ2v) is 4.77. The predicted octanol–water partition coefficient (Wildman–Crippen LogP) is 0.902. The monoisotopic (exact) mass is 364 g/mol. The van der Waals surface area contributed by atoms with Crippen LogP contribution in [0.1, 0.15) is 6.92 Å². The molecule has 0 amide bonds. The minimum atomic E-state index is -0.335. The topological polar surface area (TPSA) is 161 Å². The van der Waals surface area contributed by atoms with Gasteiger partial charge < -0.3 is 36.7 Å². The molecule has 0 radical (unpaired) electrons. The van der Waals surface area contributed by atoms with Crippen LogP contribution in [0.5, 0.6) is 11.8 Å². The molecule has 2 heterocycles. The molecule has 0 bridgehead atoms. The van der Waals surface area contributed by atoms with Crippen molar-refractivity contribution >= 4 is 29.0 Å². The van der Waals surface area contributed by atoms with Gasteiger partial charge in [-0.05, 0) is 19.1 Å². The summed E-state index contributed by atoms with van der Waals surface area (Å²) < 4.78 is 14.5. The molecule has 0 saturated carbocycles. The fourth-order valence-corrected chi connectivity index (χ4v) is 1.68. The van der Waals surface area contributed by atoms with Gasteiger partial charge in [0.2, 0.25) is 11.8 Å². The van der Waals surface area contributed by atoms with Crippen molar-refractivity contribution in [3.63, 3.8) is 0 Å². The molecule has 0 aliphatic rings. The van der Waals surface area contributed by atoms with Crippen molar-refractivity contribution in [2.75, 3.05) is 49.9 Å². The molecule has 0 aliphatic heterocycles. The zero-order chi connectivity index (χ0) is 19.5. The summed E-state index contributed by atoms with van der Waals surface area (Å²) in [5.41, 5.74) is 17.5. The summed E-state index contributed by atoms with van der Waals surface area (Å²) in [6.45, 7) is 2.17. The number of carbonyl (C=O) groups excluding carboxylic acids is 1. The van der Waals surface area contributed by atoms with E-state index in [2.05, 4.69) is 15.3 Å². The van der Waals surface area contributed by atoms with Crippen molar-refractivity contribution in [3.8, 4) is 11.8 Å². The summed E-state index contributed by atoms with van der Waals surface area (Å²) in [5.74, 6) is 1.16. The van der Waals surface area contributed by atoms with Gasteiger partial charge in [-0.3, -0.25) is 4.79 Å². The van der Waals surface area contributed by atoms with Gasteiger partial charge in [0.05, 0.1) is 32.2 Å². The molecule has 26 heavy (non-hydrogen) atoms. The molecule has 0 fully saturated rings. The minimum Gasteiger partial charge on any atom is -0.481 e. The van der Waals surface area contributed by atoms with Crippen LogP contribution < -0.4 is 32.0 Å². The zero-order valence-electron chi connectivity index (χ0n) is 15.0. The van der Waals surface area contributed by atoms with E-state index in [-0.39, 0.29) is 18.3 Å². The van der Waals surface area contributed by atoms with Gasteiger partial charge in [0.1, 0.15) is 6.54 Å². The summed E-state index contributed by atoms with van der Waals surface area (Å²) in [6.07, 6.45) is 0. The number of methoxy groups -OCH3 is 2. The minimum absolute atomic E-state index is 0.0616. The number of carbonyl (C=O) groups is 1. The Labute approximate surface area is 151 Å². The maximum atomic E-state index is 11.1. The van der Waals surface area contributed by atoms with Crippen molar-refractivity contribution in [1.29, 1.82) is 0 Å². The Hall–Kier alpha value is -3.43. The number of nitrogen functional groups attached to an aromatic ring is 3. The number of rotatable bonds is 6. The van der Waals surface area contributed by atoms with Crippen LogP contribution in [0.15, 0.2) is 24.3 Å². The van der Waals surface area contributed by atoms with Gasteiger partial charge in [-0.1, -0.05) is 0 Å². The summed E-state index contributed by atoms with van der Waals surface area (Å²) in [7, 11) is 3.03. The molecule has 2 aromatic heterocycles. The Morgan fingerprint density at radius 3 is 2.08 bits per heavy atom. The van der Waals surface area contributed by atoms with Gasteiger partial charge in [-0.15, -0.1) is 0 Å². The third-order valence-corrected chi connectivity index (χ3v) is 2.98. The van der Waals surface area contributed by atoms with E-state index in [4.69, 9.17) is 31.4 Å². The van der Waals surface area contributed by atoms with Crippen molar-refractivity contribution < 1.29 is 19.0 Å². The van der Waals surface area contributed by atoms with E-state index >= 15 is 0 Å². The van der Waals surface area contributed by atoms with Crippen molar-refractivity contribution in [2.45, 2.75) is 6.92 Å². The predicted molar refractivity (Wildman–Crippen MR) is 99.9 cm³/mol. The Balaban J connectivity index is 0.000000289. The van der Waals surface area contributed by atoms with E-state index < -0.39 is 0 Å². The Bertz CT molecular complexity index is 726. The van der Waals surface area contributed by atoms with Crippen LogP contribution in [0.3, 0.4) is 0 Å². The van der Waals surface area contributed by atoms with Gasteiger partial charge >= 0.3 is 5.97 Å². The van der Waals surface area contributed by atoms with Gasteiger partial charge in [0, 0.05) is 12.1 Å². The number of nitrogens with two attached hydrogens (primary N) is 3. The zero-order valence-corrected chi connectivity index (χ0v) is 15.0. The number of hydrogen-bond donors (Lipinski definition) is 4. The number of aromatic nitrogens is 2. The fraction of sp³-hybridized carbons (Fsp3) is 0.312. The molecule has 10 heteroatoms. The highest BCUT2D eigenvalue weighted by molar-refractivity contribution is 5.76. The highest BCUT2D eigenvalue weighted by Gasteiger charge is 2.05. The number of ether oxygens (including phenoxy) is 3.